The van der Waals surface area contributed by atoms with Crippen LogP contribution in [0.5, 0.6) is 0 Å². The third kappa shape index (κ3) is 5.09. The molecular formula is C19H23N3O6S. The number of carbonyl (C=O) groups excluding carboxylic acids is 3. The molecule has 9 nitrogen and oxygen atoms in total. The zero-order chi connectivity index (χ0) is 21.9. The highest BCUT2D eigenvalue weighted by atomic mass is 32.2. The number of ketones is 1. The van der Waals surface area contributed by atoms with Crippen LogP contribution in [0.3, 0.4) is 0 Å². The Morgan fingerprint density at radius 2 is 1.83 bits per heavy atom. The molecule has 1 aromatic carbocycles. The van der Waals surface area contributed by atoms with Gasteiger partial charge in [-0.15, -0.1) is 0 Å². The first-order chi connectivity index (χ1) is 13.4. The van der Waals surface area contributed by atoms with Gasteiger partial charge in [0.15, 0.2) is 11.9 Å². The quantitative estimate of drug-likeness (QED) is 0.537. The lowest BCUT2D eigenvalue weighted by molar-refractivity contribution is -0.123. The highest BCUT2D eigenvalue weighted by Gasteiger charge is 2.23. The molecule has 2 rings (SSSR count). The summed E-state index contributed by atoms with van der Waals surface area (Å²) in [6, 6.07) is 7.15. The largest absolute Gasteiger partial charge is 0.448 e. The normalized spacial score (nSPS) is 12.5. The number of amides is 1. The minimum absolute atomic E-state index is 0.0190. The lowest BCUT2D eigenvalue weighted by Gasteiger charge is -2.15. The number of rotatable bonds is 7. The van der Waals surface area contributed by atoms with Crippen LogP contribution in [0.4, 0.5) is 5.69 Å². The number of nitrogens with zero attached hydrogens (tertiary/aromatic N) is 2. The van der Waals surface area contributed by atoms with E-state index in [9.17, 15) is 22.8 Å². The lowest BCUT2D eigenvalue weighted by Crippen LogP contribution is -2.30. The van der Waals surface area contributed by atoms with Crippen molar-refractivity contribution in [2.24, 2.45) is 7.05 Å². The van der Waals surface area contributed by atoms with Crippen LogP contribution in [-0.2, 0) is 26.6 Å². The summed E-state index contributed by atoms with van der Waals surface area (Å²) in [5, 5.41) is 2.53. The molecule has 1 aromatic heterocycles. The van der Waals surface area contributed by atoms with Gasteiger partial charge < -0.3 is 14.6 Å². The van der Waals surface area contributed by atoms with Crippen molar-refractivity contribution >= 4 is 33.4 Å². The second-order valence-electron chi connectivity index (χ2n) is 6.63. The van der Waals surface area contributed by atoms with Crippen molar-refractivity contribution in [1.82, 2.24) is 8.87 Å². The van der Waals surface area contributed by atoms with Crippen LogP contribution in [0.15, 0.2) is 41.4 Å². The third-order valence-corrected chi connectivity index (χ3v) is 5.96. The van der Waals surface area contributed by atoms with E-state index in [1.807, 2.05) is 0 Å². The monoisotopic (exact) mass is 421 g/mol. The second kappa shape index (κ2) is 8.58. The number of hydrogen-bond donors (Lipinski definition) is 1. The molecule has 0 aliphatic carbocycles. The van der Waals surface area contributed by atoms with Gasteiger partial charge in [-0.1, -0.05) is 6.07 Å². The summed E-state index contributed by atoms with van der Waals surface area (Å²) >= 11 is 0. The Labute approximate surface area is 169 Å². The number of hydrogen-bond acceptors (Lipinski definition) is 6. The molecular weight excluding hydrogens is 398 g/mol. The number of nitrogens with one attached hydrogen (secondary N) is 1. The van der Waals surface area contributed by atoms with Gasteiger partial charge in [-0.05, 0) is 38.1 Å². The molecule has 1 amide bonds. The van der Waals surface area contributed by atoms with Gasteiger partial charge in [-0.25, -0.2) is 17.5 Å². The first kappa shape index (κ1) is 22.3. The smallest absolute Gasteiger partial charge is 0.355 e. The highest BCUT2D eigenvalue weighted by Crippen LogP contribution is 2.18. The molecule has 0 aliphatic heterocycles. The van der Waals surface area contributed by atoms with Crippen LogP contribution in [0, 0.1) is 0 Å². The van der Waals surface area contributed by atoms with Crippen molar-refractivity contribution in [1.29, 1.82) is 0 Å². The van der Waals surface area contributed by atoms with E-state index in [2.05, 4.69) is 5.32 Å². The van der Waals surface area contributed by atoms with Gasteiger partial charge in [0.25, 0.3) is 5.91 Å². The van der Waals surface area contributed by atoms with Crippen LogP contribution in [0.25, 0.3) is 0 Å². The summed E-state index contributed by atoms with van der Waals surface area (Å²) in [4.78, 5) is 36.1. The number of esters is 1. The van der Waals surface area contributed by atoms with Crippen LogP contribution < -0.4 is 5.32 Å². The van der Waals surface area contributed by atoms with E-state index in [1.54, 1.807) is 7.05 Å². The second-order valence-corrected chi connectivity index (χ2v) is 8.78. The molecule has 0 saturated carbocycles. The van der Waals surface area contributed by atoms with E-state index in [0.717, 1.165) is 4.31 Å². The van der Waals surface area contributed by atoms with Crippen molar-refractivity contribution in [3.63, 3.8) is 0 Å². The highest BCUT2D eigenvalue weighted by molar-refractivity contribution is 7.89. The van der Waals surface area contributed by atoms with Crippen molar-refractivity contribution in [3.8, 4) is 0 Å². The SMILES string of the molecule is CC(=O)c1cc(C(=O)O[C@@H](C)C(=O)Nc2cccc(S(=O)(=O)N(C)C)c2)n(C)c1. The Morgan fingerprint density at radius 1 is 1.17 bits per heavy atom. The van der Waals surface area contributed by atoms with Gasteiger partial charge in [0.1, 0.15) is 5.69 Å². The molecule has 2 aromatic rings. The maximum absolute atomic E-state index is 12.4. The zero-order valence-corrected chi connectivity index (χ0v) is 17.6. The molecule has 0 saturated heterocycles. The van der Waals surface area contributed by atoms with Gasteiger partial charge in [-0.3, -0.25) is 9.59 Å². The predicted molar refractivity (Wildman–Crippen MR) is 106 cm³/mol. The maximum Gasteiger partial charge on any atom is 0.355 e. The summed E-state index contributed by atoms with van der Waals surface area (Å²) in [6.07, 6.45) is 0.354. The fourth-order valence-electron chi connectivity index (χ4n) is 2.42. The number of Topliss-reactive ketones (excluding diaryl/α,β-unsaturated/α-hetero) is 1. The predicted octanol–water partition coefficient (Wildman–Crippen LogP) is 1.66. The third-order valence-electron chi connectivity index (χ3n) is 4.15. The first-order valence-corrected chi connectivity index (χ1v) is 10.1. The van der Waals surface area contributed by atoms with E-state index < -0.39 is 28.0 Å². The number of aryl methyl sites for hydroxylation is 1. The Bertz CT molecular complexity index is 1060. The van der Waals surface area contributed by atoms with Gasteiger partial charge in [0.2, 0.25) is 10.0 Å². The van der Waals surface area contributed by atoms with Crippen molar-refractivity contribution in [3.05, 3.63) is 47.8 Å². The van der Waals surface area contributed by atoms with Crippen molar-refractivity contribution < 1.29 is 27.5 Å². The summed E-state index contributed by atoms with van der Waals surface area (Å²) < 4.78 is 32.1. The van der Waals surface area contributed by atoms with E-state index in [4.69, 9.17) is 4.74 Å². The fourth-order valence-corrected chi connectivity index (χ4v) is 3.37. The molecule has 29 heavy (non-hydrogen) atoms. The summed E-state index contributed by atoms with van der Waals surface area (Å²) in [7, 11) is 0.746. The molecule has 156 valence electrons. The Hall–Kier alpha value is -2.98. The molecule has 1 N–H and O–H groups in total. The zero-order valence-electron chi connectivity index (χ0n) is 16.8. The molecule has 0 radical (unpaired) electrons. The lowest BCUT2D eigenvalue weighted by atomic mass is 10.2. The average Bonchev–Trinajstić information content (AvgIpc) is 3.04. The first-order valence-electron chi connectivity index (χ1n) is 8.65. The number of benzene rings is 1. The summed E-state index contributed by atoms with van der Waals surface area (Å²) in [5.41, 5.74) is 0.739. The topological polar surface area (TPSA) is 115 Å². The number of aromatic nitrogens is 1. The molecule has 0 bridgehead atoms. The fraction of sp³-hybridized carbons (Fsp3) is 0.316. The molecule has 10 heteroatoms. The van der Waals surface area contributed by atoms with Gasteiger partial charge in [0.05, 0.1) is 4.90 Å². The molecule has 0 spiro atoms. The molecule has 0 unspecified atom stereocenters. The summed E-state index contributed by atoms with van der Waals surface area (Å²) in [6.45, 7) is 2.77. The number of ether oxygens (including phenoxy) is 1. The standard InChI is InChI=1S/C19H23N3O6S/c1-12(23)14-9-17(22(5)11-14)19(25)28-13(2)18(24)20-15-7-6-8-16(10-15)29(26,27)21(3)4/h6-11,13H,1-5H3,(H,20,24)/t13-/m0/s1. The Kier molecular flexibility index (Phi) is 6.60. The molecule has 0 fully saturated rings. The van der Waals surface area contributed by atoms with Crippen LogP contribution in [0.2, 0.25) is 0 Å². The number of carbonyl (C=O) groups is 3. The average molecular weight is 421 g/mol. The van der Waals surface area contributed by atoms with Crippen molar-refractivity contribution in [2.45, 2.75) is 24.8 Å². The minimum atomic E-state index is -3.65. The number of sulfonamides is 1. The van der Waals surface area contributed by atoms with Crippen LogP contribution in [0.1, 0.15) is 34.7 Å². The van der Waals surface area contributed by atoms with Gasteiger partial charge in [-0.2, -0.15) is 0 Å². The Morgan fingerprint density at radius 3 is 2.38 bits per heavy atom. The van der Waals surface area contributed by atoms with Crippen LogP contribution >= 0.6 is 0 Å². The van der Waals surface area contributed by atoms with Crippen LogP contribution in [-0.4, -0.2) is 55.1 Å². The number of anilines is 1. The summed E-state index contributed by atoms with van der Waals surface area (Å²) in [5.74, 6) is -1.58. The molecule has 1 atom stereocenters. The van der Waals surface area contributed by atoms with E-state index >= 15 is 0 Å². The molecule has 0 aliphatic rings. The maximum atomic E-state index is 12.4. The van der Waals surface area contributed by atoms with Crippen molar-refractivity contribution in [2.75, 3.05) is 19.4 Å². The van der Waals surface area contributed by atoms with E-state index in [-0.39, 0.29) is 22.1 Å². The van der Waals surface area contributed by atoms with E-state index in [0.29, 0.717) is 5.56 Å². The van der Waals surface area contributed by atoms with E-state index in [1.165, 1.54) is 69.0 Å². The molecule has 1 heterocycles. The van der Waals surface area contributed by atoms with Gasteiger partial charge >= 0.3 is 5.97 Å². The minimum Gasteiger partial charge on any atom is -0.448 e. The Balaban J connectivity index is 2.10. The van der Waals surface area contributed by atoms with Gasteiger partial charge in [0, 0.05) is 38.6 Å².